The van der Waals surface area contributed by atoms with Gasteiger partial charge in [-0.1, -0.05) is 23.8 Å². The van der Waals surface area contributed by atoms with Crippen molar-refractivity contribution in [2.45, 2.75) is 26.9 Å². The lowest BCUT2D eigenvalue weighted by molar-refractivity contribution is 0.0948. The zero-order chi connectivity index (χ0) is 17.8. The third-order valence-electron chi connectivity index (χ3n) is 3.93. The van der Waals surface area contributed by atoms with Crippen LogP contribution in [0.15, 0.2) is 47.5 Å². The number of rotatable bonds is 5. The summed E-state index contributed by atoms with van der Waals surface area (Å²) in [6, 6.07) is 11.1. The highest BCUT2D eigenvalue weighted by atomic mass is 16.2. The number of pyridine rings is 1. The number of H-pyrrole nitrogens is 1. The van der Waals surface area contributed by atoms with Gasteiger partial charge in [0.05, 0.1) is 6.54 Å². The Kier molecular flexibility index (Phi) is 4.74. The molecule has 0 saturated carbocycles. The molecular formula is C18H19N5O2. The molecule has 0 aliphatic carbocycles. The number of amides is 1. The number of aromatic nitrogens is 4. The highest BCUT2D eigenvalue weighted by Gasteiger charge is 2.12. The Bertz CT molecular complexity index is 958. The maximum atomic E-state index is 12.3. The van der Waals surface area contributed by atoms with E-state index in [4.69, 9.17) is 0 Å². The molecule has 0 atom stereocenters. The molecule has 0 bridgehead atoms. The molecule has 0 spiro atoms. The number of hydrogen-bond acceptors (Lipinski definition) is 4. The summed E-state index contributed by atoms with van der Waals surface area (Å²) in [6.07, 6.45) is 1.60. The highest BCUT2D eigenvalue weighted by Crippen LogP contribution is 2.16. The van der Waals surface area contributed by atoms with Crippen LogP contribution in [0.2, 0.25) is 0 Å². The lowest BCUT2D eigenvalue weighted by Crippen LogP contribution is -2.30. The molecule has 2 aromatic heterocycles. The first-order valence-electron chi connectivity index (χ1n) is 8.03. The van der Waals surface area contributed by atoms with Gasteiger partial charge in [0.15, 0.2) is 5.82 Å². The molecule has 0 unspecified atom stereocenters. The minimum atomic E-state index is -0.442. The first kappa shape index (κ1) is 16.6. The van der Waals surface area contributed by atoms with Crippen LogP contribution in [0.3, 0.4) is 0 Å². The molecule has 0 aliphatic rings. The van der Waals surface area contributed by atoms with Crippen molar-refractivity contribution < 1.29 is 4.79 Å². The van der Waals surface area contributed by atoms with Crippen LogP contribution in [0.25, 0.3) is 11.3 Å². The van der Waals surface area contributed by atoms with Gasteiger partial charge < -0.3 is 14.9 Å². The second-order valence-electron chi connectivity index (χ2n) is 5.70. The number of hydrogen-bond donors (Lipinski definition) is 2. The molecule has 3 rings (SSSR count). The Hall–Kier alpha value is -3.22. The molecule has 7 nitrogen and oxygen atoms in total. The van der Waals surface area contributed by atoms with E-state index in [2.05, 4.69) is 20.5 Å². The normalized spacial score (nSPS) is 10.6. The number of aromatic amines is 1. The van der Waals surface area contributed by atoms with E-state index in [-0.39, 0.29) is 12.1 Å². The van der Waals surface area contributed by atoms with E-state index in [9.17, 15) is 9.59 Å². The molecule has 0 aliphatic heterocycles. The summed E-state index contributed by atoms with van der Waals surface area (Å²) >= 11 is 0. The smallest absolute Gasteiger partial charge is 0.261 e. The maximum Gasteiger partial charge on any atom is 0.261 e. The van der Waals surface area contributed by atoms with Crippen molar-refractivity contribution in [1.29, 1.82) is 0 Å². The zero-order valence-electron chi connectivity index (χ0n) is 14.1. The summed E-state index contributed by atoms with van der Waals surface area (Å²) in [7, 11) is 0. The van der Waals surface area contributed by atoms with Crippen LogP contribution in [0.5, 0.6) is 0 Å². The predicted octanol–water partition coefficient (Wildman–Crippen LogP) is 1.89. The molecule has 2 heterocycles. The van der Waals surface area contributed by atoms with Crippen molar-refractivity contribution in [2.75, 3.05) is 0 Å². The summed E-state index contributed by atoms with van der Waals surface area (Å²) < 4.78 is 1.82. The SMILES string of the molecule is CCn1cnnc1CNC(=O)c1ccc(-c2cccc(C)c2)[nH]c1=O. The maximum absolute atomic E-state index is 12.3. The average molecular weight is 337 g/mol. The van der Waals surface area contributed by atoms with Gasteiger partial charge in [-0.2, -0.15) is 0 Å². The Morgan fingerprint density at radius 1 is 1.28 bits per heavy atom. The predicted molar refractivity (Wildman–Crippen MR) is 94.1 cm³/mol. The average Bonchev–Trinajstić information content (AvgIpc) is 3.07. The number of nitrogens with zero attached hydrogens (tertiary/aromatic N) is 3. The third kappa shape index (κ3) is 3.65. The van der Waals surface area contributed by atoms with Gasteiger partial charge in [0.2, 0.25) is 0 Å². The molecule has 2 N–H and O–H groups in total. The van der Waals surface area contributed by atoms with Gasteiger partial charge in [-0.3, -0.25) is 9.59 Å². The number of carbonyl (C=O) groups is 1. The molecule has 128 valence electrons. The number of nitrogens with one attached hydrogen (secondary N) is 2. The number of benzene rings is 1. The van der Waals surface area contributed by atoms with Crippen LogP contribution in [-0.2, 0) is 13.1 Å². The highest BCUT2D eigenvalue weighted by molar-refractivity contribution is 5.94. The fourth-order valence-electron chi connectivity index (χ4n) is 2.57. The van der Waals surface area contributed by atoms with Crippen LogP contribution in [-0.4, -0.2) is 25.7 Å². The van der Waals surface area contributed by atoms with E-state index >= 15 is 0 Å². The minimum absolute atomic E-state index is 0.0685. The van der Waals surface area contributed by atoms with Gasteiger partial charge in [0.1, 0.15) is 11.9 Å². The first-order valence-corrected chi connectivity index (χ1v) is 8.03. The number of carbonyl (C=O) groups excluding carboxylic acids is 1. The van der Waals surface area contributed by atoms with Crippen LogP contribution in [0, 0.1) is 6.92 Å². The Morgan fingerprint density at radius 3 is 2.84 bits per heavy atom. The summed E-state index contributed by atoms with van der Waals surface area (Å²) in [5.41, 5.74) is 2.32. The molecule has 7 heteroatoms. The molecule has 25 heavy (non-hydrogen) atoms. The van der Waals surface area contributed by atoms with Gasteiger partial charge in [-0.05, 0) is 37.6 Å². The summed E-state index contributed by atoms with van der Waals surface area (Å²) in [6.45, 7) is 4.87. The van der Waals surface area contributed by atoms with E-state index in [0.29, 0.717) is 18.1 Å². The molecule has 1 aromatic carbocycles. The zero-order valence-corrected chi connectivity index (χ0v) is 14.1. The summed E-state index contributed by atoms with van der Waals surface area (Å²) in [4.78, 5) is 27.3. The third-order valence-corrected chi connectivity index (χ3v) is 3.93. The Balaban J connectivity index is 1.76. The van der Waals surface area contributed by atoms with Gasteiger partial charge in [-0.25, -0.2) is 0 Å². The first-order chi connectivity index (χ1) is 12.1. The fourth-order valence-corrected chi connectivity index (χ4v) is 2.57. The van der Waals surface area contributed by atoms with E-state index in [1.165, 1.54) is 6.07 Å². The summed E-state index contributed by atoms with van der Waals surface area (Å²) in [5, 5.41) is 10.5. The van der Waals surface area contributed by atoms with Crippen LogP contribution in [0.4, 0.5) is 0 Å². The van der Waals surface area contributed by atoms with Crippen molar-refractivity contribution in [3.05, 3.63) is 70.0 Å². The topological polar surface area (TPSA) is 92.7 Å². The molecule has 3 aromatic rings. The van der Waals surface area contributed by atoms with Crippen molar-refractivity contribution in [1.82, 2.24) is 25.1 Å². The van der Waals surface area contributed by atoms with Crippen molar-refractivity contribution in [3.8, 4) is 11.3 Å². The van der Waals surface area contributed by atoms with Crippen LogP contribution in [0.1, 0.15) is 28.7 Å². The molecular weight excluding hydrogens is 318 g/mol. The van der Waals surface area contributed by atoms with Crippen molar-refractivity contribution in [3.63, 3.8) is 0 Å². The minimum Gasteiger partial charge on any atom is -0.345 e. The fraction of sp³-hybridized carbons (Fsp3) is 0.222. The number of aryl methyl sites for hydroxylation is 2. The standard InChI is InChI=1S/C18H19N5O2/c1-3-23-11-20-22-16(23)10-19-17(24)14-7-8-15(21-18(14)25)13-6-4-5-12(2)9-13/h4-9,11H,3,10H2,1-2H3,(H,19,24)(H,21,25). The van der Waals surface area contributed by atoms with E-state index < -0.39 is 11.5 Å². The van der Waals surface area contributed by atoms with Crippen molar-refractivity contribution >= 4 is 5.91 Å². The van der Waals surface area contributed by atoms with Crippen molar-refractivity contribution in [2.24, 2.45) is 0 Å². The molecule has 0 radical (unpaired) electrons. The molecule has 0 saturated heterocycles. The lowest BCUT2D eigenvalue weighted by Gasteiger charge is -2.07. The quantitative estimate of drug-likeness (QED) is 0.743. The van der Waals surface area contributed by atoms with Crippen LogP contribution < -0.4 is 10.9 Å². The van der Waals surface area contributed by atoms with E-state index in [1.807, 2.05) is 42.7 Å². The second kappa shape index (κ2) is 7.12. The molecule has 1 amide bonds. The Labute approximate surface area is 144 Å². The van der Waals surface area contributed by atoms with E-state index in [0.717, 1.165) is 11.1 Å². The van der Waals surface area contributed by atoms with Gasteiger partial charge in [0.25, 0.3) is 11.5 Å². The Morgan fingerprint density at radius 2 is 2.12 bits per heavy atom. The van der Waals surface area contributed by atoms with E-state index in [1.54, 1.807) is 12.4 Å². The van der Waals surface area contributed by atoms with Gasteiger partial charge in [-0.15, -0.1) is 10.2 Å². The second-order valence-corrected chi connectivity index (χ2v) is 5.70. The lowest BCUT2D eigenvalue weighted by atomic mass is 10.1. The summed E-state index contributed by atoms with van der Waals surface area (Å²) in [5.74, 6) is 0.200. The largest absolute Gasteiger partial charge is 0.345 e. The van der Waals surface area contributed by atoms with Gasteiger partial charge >= 0.3 is 0 Å². The monoisotopic (exact) mass is 337 g/mol. The van der Waals surface area contributed by atoms with Crippen LogP contribution >= 0.6 is 0 Å². The molecule has 0 fully saturated rings. The van der Waals surface area contributed by atoms with Gasteiger partial charge in [0, 0.05) is 12.2 Å².